The van der Waals surface area contributed by atoms with E-state index in [4.69, 9.17) is 27.9 Å². The maximum absolute atomic E-state index is 12.4. The van der Waals surface area contributed by atoms with Gasteiger partial charge in [0.05, 0.1) is 22.6 Å². The fourth-order valence-corrected chi connectivity index (χ4v) is 2.78. The lowest BCUT2D eigenvalue weighted by atomic mass is 10.2. The SMILES string of the molecule is Cc1nn(C)c2ncc(NC(=O)C(C)Oc3cccc(Cl)c3Cl)cc12. The second-order valence-corrected chi connectivity index (χ2v) is 6.39. The van der Waals surface area contributed by atoms with Gasteiger partial charge in [-0.15, -0.1) is 0 Å². The van der Waals surface area contributed by atoms with Crippen molar-refractivity contribution in [2.24, 2.45) is 7.05 Å². The first-order valence-corrected chi connectivity index (χ1v) is 8.33. The number of aryl methyl sites for hydroxylation is 2. The number of hydrogen-bond acceptors (Lipinski definition) is 4. The van der Waals surface area contributed by atoms with Crippen molar-refractivity contribution in [2.75, 3.05) is 5.32 Å². The van der Waals surface area contributed by atoms with Gasteiger partial charge < -0.3 is 10.1 Å². The van der Waals surface area contributed by atoms with E-state index < -0.39 is 6.10 Å². The van der Waals surface area contributed by atoms with Crippen molar-refractivity contribution < 1.29 is 9.53 Å². The van der Waals surface area contributed by atoms with Crippen LogP contribution in [0.25, 0.3) is 11.0 Å². The number of ether oxygens (including phenoxy) is 1. The van der Waals surface area contributed by atoms with Gasteiger partial charge in [0, 0.05) is 12.4 Å². The van der Waals surface area contributed by atoms with Gasteiger partial charge in [-0.2, -0.15) is 5.10 Å². The molecule has 0 aliphatic heterocycles. The number of hydrogen-bond donors (Lipinski definition) is 1. The third-order valence-corrected chi connectivity index (χ3v) is 4.52. The monoisotopic (exact) mass is 378 g/mol. The van der Waals surface area contributed by atoms with Gasteiger partial charge in [-0.25, -0.2) is 4.98 Å². The van der Waals surface area contributed by atoms with Crippen molar-refractivity contribution in [3.63, 3.8) is 0 Å². The molecule has 1 aromatic carbocycles. The zero-order valence-electron chi connectivity index (χ0n) is 13.9. The fourth-order valence-electron chi connectivity index (χ4n) is 2.44. The van der Waals surface area contributed by atoms with Crippen LogP contribution in [0.4, 0.5) is 5.69 Å². The molecule has 0 aliphatic rings. The molecule has 2 heterocycles. The summed E-state index contributed by atoms with van der Waals surface area (Å²) >= 11 is 12.0. The number of nitrogens with one attached hydrogen (secondary N) is 1. The Morgan fingerprint density at radius 3 is 2.88 bits per heavy atom. The van der Waals surface area contributed by atoms with Gasteiger partial charge in [-0.05, 0) is 32.0 Å². The van der Waals surface area contributed by atoms with E-state index in [-0.39, 0.29) is 10.9 Å². The molecule has 6 nitrogen and oxygen atoms in total. The van der Waals surface area contributed by atoms with Gasteiger partial charge in [-0.1, -0.05) is 29.3 Å². The van der Waals surface area contributed by atoms with Gasteiger partial charge in [0.2, 0.25) is 0 Å². The minimum Gasteiger partial charge on any atom is -0.479 e. The largest absolute Gasteiger partial charge is 0.479 e. The van der Waals surface area contributed by atoms with Crippen molar-refractivity contribution in [1.29, 1.82) is 0 Å². The normalized spacial score (nSPS) is 12.2. The number of benzene rings is 1. The maximum atomic E-state index is 12.4. The van der Waals surface area contributed by atoms with E-state index in [1.165, 1.54) is 0 Å². The highest BCUT2D eigenvalue weighted by Crippen LogP contribution is 2.32. The molecule has 0 fully saturated rings. The van der Waals surface area contributed by atoms with E-state index in [0.717, 1.165) is 16.7 Å². The van der Waals surface area contributed by atoms with E-state index in [2.05, 4.69) is 15.4 Å². The van der Waals surface area contributed by atoms with Crippen LogP contribution in [-0.4, -0.2) is 26.8 Å². The Labute approximate surface area is 154 Å². The maximum Gasteiger partial charge on any atom is 0.265 e. The molecule has 0 saturated heterocycles. The number of fused-ring (bicyclic) bond motifs is 1. The highest BCUT2D eigenvalue weighted by molar-refractivity contribution is 6.42. The number of halogens is 2. The molecular weight excluding hydrogens is 363 g/mol. The summed E-state index contributed by atoms with van der Waals surface area (Å²) in [7, 11) is 1.82. The average molecular weight is 379 g/mol. The molecule has 0 bridgehead atoms. The molecule has 0 saturated carbocycles. The van der Waals surface area contributed by atoms with Crippen LogP contribution in [0.1, 0.15) is 12.6 Å². The molecule has 3 rings (SSSR count). The van der Waals surface area contributed by atoms with E-state index in [1.807, 2.05) is 20.0 Å². The molecule has 1 unspecified atom stereocenters. The number of carbonyl (C=O) groups is 1. The van der Waals surface area contributed by atoms with Crippen LogP contribution < -0.4 is 10.1 Å². The van der Waals surface area contributed by atoms with E-state index >= 15 is 0 Å². The predicted molar refractivity (Wildman–Crippen MR) is 98.4 cm³/mol. The van der Waals surface area contributed by atoms with Crippen molar-refractivity contribution >= 4 is 45.8 Å². The quantitative estimate of drug-likeness (QED) is 0.744. The summed E-state index contributed by atoms with van der Waals surface area (Å²) in [4.78, 5) is 16.7. The third kappa shape index (κ3) is 3.55. The number of amides is 1. The van der Waals surface area contributed by atoms with Crippen molar-refractivity contribution in [3.05, 3.63) is 46.2 Å². The summed E-state index contributed by atoms with van der Waals surface area (Å²) in [5, 5.41) is 8.62. The molecule has 0 spiro atoms. The molecule has 0 radical (unpaired) electrons. The van der Waals surface area contributed by atoms with Crippen molar-refractivity contribution in [3.8, 4) is 5.75 Å². The Morgan fingerprint density at radius 1 is 1.36 bits per heavy atom. The summed E-state index contributed by atoms with van der Waals surface area (Å²) in [6.07, 6.45) is 0.821. The summed E-state index contributed by atoms with van der Waals surface area (Å²) < 4.78 is 7.31. The number of rotatable bonds is 4. The molecule has 8 heteroatoms. The Kier molecular flexibility index (Phi) is 4.83. The topological polar surface area (TPSA) is 69.0 Å². The van der Waals surface area contributed by atoms with Gasteiger partial charge in [0.15, 0.2) is 11.8 Å². The third-order valence-electron chi connectivity index (χ3n) is 3.72. The van der Waals surface area contributed by atoms with Gasteiger partial charge >= 0.3 is 0 Å². The van der Waals surface area contributed by atoms with Gasteiger partial charge in [0.1, 0.15) is 10.8 Å². The molecule has 3 aromatic rings. The van der Waals surface area contributed by atoms with Crippen molar-refractivity contribution in [2.45, 2.75) is 20.0 Å². The van der Waals surface area contributed by atoms with E-state index in [0.29, 0.717) is 16.5 Å². The number of anilines is 1. The number of pyridine rings is 1. The van der Waals surface area contributed by atoms with Crippen LogP contribution >= 0.6 is 23.2 Å². The minimum atomic E-state index is -0.762. The average Bonchev–Trinajstić information content (AvgIpc) is 2.86. The van der Waals surface area contributed by atoms with Crippen LogP contribution in [0.15, 0.2) is 30.5 Å². The molecule has 1 atom stereocenters. The zero-order chi connectivity index (χ0) is 18.1. The lowest BCUT2D eigenvalue weighted by molar-refractivity contribution is -0.122. The van der Waals surface area contributed by atoms with Crippen molar-refractivity contribution in [1.82, 2.24) is 14.8 Å². The van der Waals surface area contributed by atoms with E-state index in [1.54, 1.807) is 36.0 Å². The Morgan fingerprint density at radius 2 is 2.12 bits per heavy atom. The first-order chi connectivity index (χ1) is 11.9. The minimum absolute atomic E-state index is 0.276. The molecule has 25 heavy (non-hydrogen) atoms. The van der Waals surface area contributed by atoms with Crippen LogP contribution in [0.3, 0.4) is 0 Å². The number of nitrogens with zero attached hydrogens (tertiary/aromatic N) is 3. The predicted octanol–water partition coefficient (Wildman–Crippen LogP) is 3.99. The fraction of sp³-hybridized carbons (Fsp3) is 0.235. The molecule has 2 aromatic heterocycles. The first-order valence-electron chi connectivity index (χ1n) is 7.57. The lowest BCUT2D eigenvalue weighted by Crippen LogP contribution is -2.30. The lowest BCUT2D eigenvalue weighted by Gasteiger charge is -2.16. The number of aromatic nitrogens is 3. The summed E-state index contributed by atoms with van der Waals surface area (Å²) in [5.74, 6) is 0.0345. The molecule has 1 N–H and O–H groups in total. The Hall–Kier alpha value is -2.31. The molecule has 0 aliphatic carbocycles. The summed E-state index contributed by atoms with van der Waals surface area (Å²) in [6, 6.07) is 6.85. The second-order valence-electron chi connectivity index (χ2n) is 5.61. The zero-order valence-corrected chi connectivity index (χ0v) is 15.4. The van der Waals surface area contributed by atoms with Gasteiger partial charge in [-0.3, -0.25) is 9.48 Å². The second kappa shape index (κ2) is 6.90. The van der Waals surface area contributed by atoms with Crippen LogP contribution in [0.5, 0.6) is 5.75 Å². The number of carbonyl (C=O) groups excluding carboxylic acids is 1. The molecular formula is C17H16Cl2N4O2. The van der Waals surface area contributed by atoms with Crippen LogP contribution in [0.2, 0.25) is 10.0 Å². The summed E-state index contributed by atoms with van der Waals surface area (Å²) in [6.45, 7) is 3.52. The Bertz CT molecular complexity index is 955. The smallest absolute Gasteiger partial charge is 0.265 e. The highest BCUT2D eigenvalue weighted by Gasteiger charge is 2.18. The van der Waals surface area contributed by atoms with Crippen LogP contribution in [0, 0.1) is 6.92 Å². The Balaban J connectivity index is 1.75. The van der Waals surface area contributed by atoms with Crippen LogP contribution in [-0.2, 0) is 11.8 Å². The molecule has 130 valence electrons. The van der Waals surface area contributed by atoms with E-state index in [9.17, 15) is 4.79 Å². The standard InChI is InChI=1S/C17H16Cl2N4O2/c1-9-12-7-11(8-20-16(12)23(3)22-9)21-17(24)10(2)25-14-6-4-5-13(18)15(14)19/h4-8,10H,1-3H3,(H,21,24). The summed E-state index contributed by atoms with van der Waals surface area (Å²) in [5.41, 5.74) is 2.17. The highest BCUT2D eigenvalue weighted by atomic mass is 35.5. The van der Waals surface area contributed by atoms with Gasteiger partial charge in [0.25, 0.3) is 5.91 Å². The molecule has 1 amide bonds. The first kappa shape index (κ1) is 17.5.